The lowest BCUT2D eigenvalue weighted by Gasteiger charge is -2.50. The molecule has 1 aliphatic heterocycles. The molecule has 1 fully saturated rings. The Balaban J connectivity index is 2.75. The first-order chi connectivity index (χ1) is 6.29. The number of nitrogens with two attached hydrogens (primary N) is 1. The molecule has 0 amide bonds. The standard InChI is InChI=1S/C10H22BNO2/c1-8-9(2,3)13-11(6-7-12)14-10(8,4)5/h8H,6-7,12H2,1-5H3. The zero-order valence-corrected chi connectivity index (χ0v) is 9.96. The Morgan fingerprint density at radius 3 is 1.93 bits per heavy atom. The van der Waals surface area contributed by atoms with Crippen LogP contribution in [0.4, 0.5) is 0 Å². The quantitative estimate of drug-likeness (QED) is 0.688. The third-order valence-corrected chi connectivity index (χ3v) is 3.36. The minimum absolute atomic E-state index is 0.137. The lowest BCUT2D eigenvalue weighted by molar-refractivity contribution is -0.126. The monoisotopic (exact) mass is 199 g/mol. The SMILES string of the molecule is CC1C(C)(C)OB(CCN)OC1(C)C. The van der Waals surface area contributed by atoms with Crippen molar-refractivity contribution < 1.29 is 9.31 Å². The van der Waals surface area contributed by atoms with Crippen molar-refractivity contribution in [2.75, 3.05) is 6.54 Å². The van der Waals surface area contributed by atoms with Gasteiger partial charge in [0.1, 0.15) is 0 Å². The van der Waals surface area contributed by atoms with Gasteiger partial charge in [0.2, 0.25) is 0 Å². The van der Waals surface area contributed by atoms with Gasteiger partial charge in [-0.1, -0.05) is 6.92 Å². The van der Waals surface area contributed by atoms with Crippen molar-refractivity contribution in [1.82, 2.24) is 0 Å². The molecule has 2 N–H and O–H groups in total. The van der Waals surface area contributed by atoms with Crippen LogP contribution in [0.3, 0.4) is 0 Å². The molecule has 0 aromatic heterocycles. The average molecular weight is 199 g/mol. The molecule has 1 aliphatic rings. The first-order valence-electron chi connectivity index (χ1n) is 5.35. The van der Waals surface area contributed by atoms with E-state index in [-0.39, 0.29) is 18.3 Å². The van der Waals surface area contributed by atoms with Crippen molar-refractivity contribution in [3.8, 4) is 0 Å². The van der Waals surface area contributed by atoms with Gasteiger partial charge in [-0.2, -0.15) is 0 Å². The van der Waals surface area contributed by atoms with E-state index >= 15 is 0 Å². The number of rotatable bonds is 2. The summed E-state index contributed by atoms with van der Waals surface area (Å²) in [6.45, 7) is 11.2. The molecule has 0 bridgehead atoms. The van der Waals surface area contributed by atoms with Crippen LogP contribution in [-0.2, 0) is 9.31 Å². The van der Waals surface area contributed by atoms with Gasteiger partial charge >= 0.3 is 7.12 Å². The van der Waals surface area contributed by atoms with Gasteiger partial charge in [-0.05, 0) is 40.6 Å². The van der Waals surface area contributed by atoms with Crippen LogP contribution in [0.5, 0.6) is 0 Å². The summed E-state index contributed by atoms with van der Waals surface area (Å²) in [5.74, 6) is 0.365. The van der Waals surface area contributed by atoms with Crippen LogP contribution in [-0.4, -0.2) is 24.9 Å². The predicted molar refractivity (Wildman–Crippen MR) is 59.1 cm³/mol. The lowest BCUT2D eigenvalue weighted by atomic mass is 9.71. The number of hydrogen-bond acceptors (Lipinski definition) is 3. The van der Waals surface area contributed by atoms with Gasteiger partial charge in [-0.15, -0.1) is 0 Å². The zero-order chi connectivity index (χ0) is 11.0. The van der Waals surface area contributed by atoms with E-state index in [1.54, 1.807) is 0 Å². The Hall–Kier alpha value is -0.0551. The van der Waals surface area contributed by atoms with Crippen LogP contribution in [0.25, 0.3) is 0 Å². The van der Waals surface area contributed by atoms with E-state index in [4.69, 9.17) is 15.0 Å². The van der Waals surface area contributed by atoms with Crippen molar-refractivity contribution in [2.24, 2.45) is 11.7 Å². The van der Waals surface area contributed by atoms with E-state index in [0.29, 0.717) is 12.5 Å². The highest BCUT2D eigenvalue weighted by Gasteiger charge is 2.48. The molecule has 3 nitrogen and oxygen atoms in total. The van der Waals surface area contributed by atoms with Gasteiger partial charge in [0.15, 0.2) is 0 Å². The summed E-state index contributed by atoms with van der Waals surface area (Å²) >= 11 is 0. The van der Waals surface area contributed by atoms with E-state index in [9.17, 15) is 0 Å². The van der Waals surface area contributed by atoms with Crippen LogP contribution in [0.15, 0.2) is 0 Å². The third-order valence-electron chi connectivity index (χ3n) is 3.36. The molecule has 1 rings (SSSR count). The van der Waals surface area contributed by atoms with Crippen LogP contribution >= 0.6 is 0 Å². The number of hydrogen-bond donors (Lipinski definition) is 1. The molecular weight excluding hydrogens is 177 g/mol. The van der Waals surface area contributed by atoms with E-state index in [1.165, 1.54) is 0 Å². The fraction of sp³-hybridized carbons (Fsp3) is 1.00. The van der Waals surface area contributed by atoms with E-state index < -0.39 is 0 Å². The molecule has 0 radical (unpaired) electrons. The molecule has 1 saturated heterocycles. The average Bonchev–Trinajstić information content (AvgIpc) is 1.99. The fourth-order valence-corrected chi connectivity index (χ4v) is 2.00. The van der Waals surface area contributed by atoms with Gasteiger partial charge in [0, 0.05) is 5.92 Å². The zero-order valence-electron chi connectivity index (χ0n) is 9.96. The molecule has 0 saturated carbocycles. The van der Waals surface area contributed by atoms with Crippen molar-refractivity contribution in [3.63, 3.8) is 0 Å². The molecule has 0 atom stereocenters. The summed E-state index contributed by atoms with van der Waals surface area (Å²) in [4.78, 5) is 0. The van der Waals surface area contributed by atoms with E-state index in [0.717, 1.165) is 6.32 Å². The topological polar surface area (TPSA) is 44.5 Å². The molecule has 1 heterocycles. The van der Waals surface area contributed by atoms with Crippen molar-refractivity contribution in [3.05, 3.63) is 0 Å². The van der Waals surface area contributed by atoms with E-state index in [2.05, 4.69) is 34.6 Å². The highest BCUT2D eigenvalue weighted by Crippen LogP contribution is 2.39. The van der Waals surface area contributed by atoms with Crippen LogP contribution in [0.2, 0.25) is 6.32 Å². The largest absolute Gasteiger partial charge is 0.458 e. The summed E-state index contributed by atoms with van der Waals surface area (Å²) in [6.07, 6.45) is 0.763. The van der Waals surface area contributed by atoms with Gasteiger partial charge in [0.25, 0.3) is 0 Å². The van der Waals surface area contributed by atoms with Crippen LogP contribution < -0.4 is 5.73 Å². The second-order valence-corrected chi connectivity index (χ2v) is 5.17. The summed E-state index contributed by atoms with van der Waals surface area (Å²) < 4.78 is 11.7. The molecule has 0 unspecified atom stereocenters. The van der Waals surface area contributed by atoms with Gasteiger partial charge in [-0.3, -0.25) is 0 Å². The Morgan fingerprint density at radius 1 is 1.14 bits per heavy atom. The third kappa shape index (κ3) is 2.30. The molecule has 0 aromatic rings. The fourth-order valence-electron chi connectivity index (χ4n) is 2.00. The minimum atomic E-state index is -0.152. The van der Waals surface area contributed by atoms with Crippen LogP contribution in [0.1, 0.15) is 34.6 Å². The van der Waals surface area contributed by atoms with Crippen molar-refractivity contribution >= 4 is 7.12 Å². The first kappa shape index (κ1) is 12.0. The Morgan fingerprint density at radius 2 is 1.57 bits per heavy atom. The Bertz CT molecular complexity index is 188. The van der Waals surface area contributed by atoms with Crippen LogP contribution in [0, 0.1) is 5.92 Å². The smallest absolute Gasteiger partial charge is 0.406 e. The second-order valence-electron chi connectivity index (χ2n) is 5.17. The highest BCUT2D eigenvalue weighted by atomic mass is 16.6. The maximum atomic E-state index is 5.86. The second kappa shape index (κ2) is 3.84. The summed E-state index contributed by atoms with van der Waals surface area (Å²) in [5.41, 5.74) is 5.24. The molecule has 0 aromatic carbocycles. The predicted octanol–water partition coefficient (Wildman–Crippen LogP) is 1.67. The van der Waals surface area contributed by atoms with Gasteiger partial charge < -0.3 is 15.0 Å². The van der Waals surface area contributed by atoms with Crippen molar-refractivity contribution in [1.29, 1.82) is 0 Å². The van der Waals surface area contributed by atoms with Crippen molar-refractivity contribution in [2.45, 2.75) is 52.1 Å². The first-order valence-corrected chi connectivity index (χ1v) is 5.35. The maximum absolute atomic E-state index is 5.86. The van der Waals surface area contributed by atoms with Gasteiger partial charge in [0.05, 0.1) is 11.2 Å². The molecule has 82 valence electrons. The maximum Gasteiger partial charge on any atom is 0.458 e. The molecule has 0 aliphatic carbocycles. The molecule has 14 heavy (non-hydrogen) atoms. The van der Waals surface area contributed by atoms with Gasteiger partial charge in [-0.25, -0.2) is 0 Å². The summed E-state index contributed by atoms with van der Waals surface area (Å²) in [5, 5.41) is 0. The summed E-state index contributed by atoms with van der Waals surface area (Å²) in [6, 6.07) is 0. The molecule has 0 spiro atoms. The normalized spacial score (nSPS) is 26.6. The Labute approximate surface area is 87.5 Å². The lowest BCUT2D eigenvalue weighted by Crippen LogP contribution is -2.58. The highest BCUT2D eigenvalue weighted by molar-refractivity contribution is 6.45. The van der Waals surface area contributed by atoms with E-state index in [1.807, 2.05) is 0 Å². The molecular formula is C10H22BNO2. The summed E-state index contributed by atoms with van der Waals surface area (Å²) in [7, 11) is -0.152. The Kier molecular flexibility index (Phi) is 3.29. The molecule has 4 heteroatoms. The minimum Gasteiger partial charge on any atom is -0.406 e.